The van der Waals surface area contributed by atoms with E-state index < -0.39 is 0 Å². The summed E-state index contributed by atoms with van der Waals surface area (Å²) in [4.78, 5) is 22.8. The van der Waals surface area contributed by atoms with Crippen molar-refractivity contribution < 1.29 is 4.79 Å². The first-order valence-electron chi connectivity index (χ1n) is 7.25. The largest absolute Gasteiger partial charge is 0.340 e. The third kappa shape index (κ3) is 3.26. The van der Waals surface area contributed by atoms with Gasteiger partial charge in [-0.05, 0) is 25.3 Å². The van der Waals surface area contributed by atoms with Crippen molar-refractivity contribution in [3.8, 4) is 0 Å². The fraction of sp³-hybridized carbons (Fsp3) is 0.467. The predicted molar refractivity (Wildman–Crippen MR) is 77.6 cm³/mol. The monoisotopic (exact) mass is 285 g/mol. The zero-order valence-electron chi connectivity index (χ0n) is 12.1. The van der Waals surface area contributed by atoms with E-state index in [4.69, 9.17) is 0 Å². The lowest BCUT2D eigenvalue weighted by Crippen LogP contribution is -2.41. The summed E-state index contributed by atoms with van der Waals surface area (Å²) in [5.41, 5.74) is 2.05. The van der Waals surface area contributed by atoms with Gasteiger partial charge in [-0.2, -0.15) is 5.10 Å². The highest BCUT2D eigenvalue weighted by Gasteiger charge is 2.25. The Kier molecular flexibility index (Phi) is 3.94. The molecule has 2 aromatic rings. The molecule has 21 heavy (non-hydrogen) atoms. The number of hydrogen-bond acceptors (Lipinski definition) is 4. The van der Waals surface area contributed by atoms with Gasteiger partial charge in [0.1, 0.15) is 6.54 Å². The number of piperidine rings is 1. The third-order valence-electron chi connectivity index (χ3n) is 3.84. The molecule has 1 saturated heterocycles. The van der Waals surface area contributed by atoms with Gasteiger partial charge in [-0.3, -0.25) is 19.4 Å². The van der Waals surface area contributed by atoms with Crippen molar-refractivity contribution in [3.63, 3.8) is 0 Å². The number of rotatable bonds is 3. The topological polar surface area (TPSA) is 63.9 Å². The smallest absolute Gasteiger partial charge is 0.244 e. The number of aryl methyl sites for hydroxylation is 1. The molecule has 0 radical (unpaired) electrons. The number of carbonyl (C=O) groups is 1. The number of hydrogen-bond donors (Lipinski definition) is 0. The van der Waals surface area contributed by atoms with Gasteiger partial charge >= 0.3 is 0 Å². The Morgan fingerprint density at radius 1 is 1.38 bits per heavy atom. The van der Waals surface area contributed by atoms with Crippen LogP contribution in [0.3, 0.4) is 0 Å². The molecule has 0 spiro atoms. The van der Waals surface area contributed by atoms with E-state index in [0.29, 0.717) is 6.54 Å². The summed E-state index contributed by atoms with van der Waals surface area (Å²) in [6, 6.07) is 0. The van der Waals surface area contributed by atoms with Gasteiger partial charge in [0.05, 0.1) is 11.9 Å². The van der Waals surface area contributed by atoms with E-state index in [9.17, 15) is 4.79 Å². The molecule has 3 heterocycles. The number of likely N-dealkylation sites (tertiary alicyclic amines) is 1. The fourth-order valence-electron chi connectivity index (χ4n) is 2.76. The van der Waals surface area contributed by atoms with Crippen molar-refractivity contribution in [1.82, 2.24) is 24.6 Å². The van der Waals surface area contributed by atoms with E-state index in [0.717, 1.165) is 37.2 Å². The lowest BCUT2D eigenvalue weighted by atomic mass is 9.95. The average molecular weight is 285 g/mol. The molecule has 1 aliphatic rings. The molecule has 0 unspecified atom stereocenters. The highest BCUT2D eigenvalue weighted by Crippen LogP contribution is 2.24. The maximum Gasteiger partial charge on any atom is 0.244 e. The minimum atomic E-state index is 0.117. The highest BCUT2D eigenvalue weighted by atomic mass is 16.2. The van der Waals surface area contributed by atoms with Gasteiger partial charge in [-0.15, -0.1) is 0 Å². The molecular weight excluding hydrogens is 266 g/mol. The Balaban J connectivity index is 1.64. The molecule has 0 N–H and O–H groups in total. The van der Waals surface area contributed by atoms with Crippen LogP contribution in [-0.4, -0.2) is 43.6 Å². The van der Waals surface area contributed by atoms with E-state index in [-0.39, 0.29) is 11.8 Å². The molecule has 1 aliphatic heterocycles. The van der Waals surface area contributed by atoms with E-state index in [1.807, 2.05) is 18.0 Å². The summed E-state index contributed by atoms with van der Waals surface area (Å²) >= 11 is 0. The molecule has 0 aliphatic carbocycles. The number of carbonyl (C=O) groups excluding carboxylic acids is 1. The predicted octanol–water partition coefficient (Wildman–Crippen LogP) is 1.39. The molecule has 1 fully saturated rings. The first kappa shape index (κ1) is 13.7. The van der Waals surface area contributed by atoms with Crippen LogP contribution in [-0.2, 0) is 11.3 Å². The lowest BCUT2D eigenvalue weighted by molar-refractivity contribution is -0.133. The molecule has 0 saturated carbocycles. The zero-order valence-corrected chi connectivity index (χ0v) is 12.1. The molecule has 0 aromatic carbocycles. The molecule has 110 valence electrons. The SMILES string of the molecule is Cc1cnn(CC(=O)N2CCC[C@@H](c3cnccn3)C2)c1. The minimum absolute atomic E-state index is 0.117. The molecular formula is C15H19N5O. The van der Waals surface area contributed by atoms with Gasteiger partial charge in [-0.25, -0.2) is 0 Å². The quantitative estimate of drug-likeness (QED) is 0.855. The second-order valence-electron chi connectivity index (χ2n) is 5.52. The summed E-state index contributed by atoms with van der Waals surface area (Å²) in [5.74, 6) is 0.405. The normalized spacial score (nSPS) is 18.7. The fourth-order valence-corrected chi connectivity index (χ4v) is 2.76. The average Bonchev–Trinajstić information content (AvgIpc) is 2.93. The van der Waals surface area contributed by atoms with E-state index in [1.54, 1.807) is 29.5 Å². The van der Waals surface area contributed by atoms with Gasteiger partial charge in [0.2, 0.25) is 5.91 Å². The van der Waals surface area contributed by atoms with E-state index in [1.165, 1.54) is 0 Å². The van der Waals surface area contributed by atoms with Gasteiger partial charge in [0.15, 0.2) is 0 Å². The van der Waals surface area contributed by atoms with Crippen LogP contribution in [0.2, 0.25) is 0 Å². The molecule has 1 atom stereocenters. The van der Waals surface area contributed by atoms with Crippen LogP contribution in [0.15, 0.2) is 31.0 Å². The van der Waals surface area contributed by atoms with Crippen molar-refractivity contribution >= 4 is 5.91 Å². The van der Waals surface area contributed by atoms with Crippen LogP contribution in [0.25, 0.3) is 0 Å². The van der Waals surface area contributed by atoms with Crippen molar-refractivity contribution in [2.24, 2.45) is 0 Å². The van der Waals surface area contributed by atoms with Crippen molar-refractivity contribution in [3.05, 3.63) is 42.2 Å². The standard InChI is InChI=1S/C15H19N5O/c1-12-7-18-20(9-12)11-15(21)19-6-2-3-13(10-19)14-8-16-4-5-17-14/h4-5,7-9,13H,2-3,6,10-11H2,1H3/t13-/m1/s1. The molecule has 6 nitrogen and oxygen atoms in total. The first-order chi connectivity index (χ1) is 10.2. The molecule has 0 bridgehead atoms. The minimum Gasteiger partial charge on any atom is -0.340 e. The molecule has 1 amide bonds. The van der Waals surface area contributed by atoms with Gasteiger partial charge in [0, 0.05) is 43.8 Å². The van der Waals surface area contributed by atoms with E-state index >= 15 is 0 Å². The zero-order chi connectivity index (χ0) is 14.7. The molecule has 3 rings (SSSR count). The van der Waals surface area contributed by atoms with Crippen LogP contribution in [0.1, 0.15) is 30.0 Å². The van der Waals surface area contributed by atoms with Crippen molar-refractivity contribution in [2.45, 2.75) is 32.2 Å². The maximum absolute atomic E-state index is 12.4. The van der Waals surface area contributed by atoms with Crippen LogP contribution < -0.4 is 0 Å². The summed E-state index contributed by atoms with van der Waals surface area (Å²) in [7, 11) is 0. The van der Waals surface area contributed by atoms with E-state index in [2.05, 4.69) is 15.1 Å². The Bertz CT molecular complexity index is 610. The van der Waals surface area contributed by atoms with Gasteiger partial charge in [0.25, 0.3) is 0 Å². The Hall–Kier alpha value is -2.24. The molecule has 6 heteroatoms. The summed E-state index contributed by atoms with van der Waals surface area (Å²) in [6.07, 6.45) is 10.9. The first-order valence-corrected chi connectivity index (χ1v) is 7.25. The van der Waals surface area contributed by atoms with Crippen molar-refractivity contribution in [1.29, 1.82) is 0 Å². The summed E-state index contributed by atoms with van der Waals surface area (Å²) in [5, 5.41) is 4.17. The van der Waals surface area contributed by atoms with Crippen LogP contribution in [0.5, 0.6) is 0 Å². The van der Waals surface area contributed by atoms with Crippen molar-refractivity contribution in [2.75, 3.05) is 13.1 Å². The lowest BCUT2D eigenvalue weighted by Gasteiger charge is -2.32. The number of nitrogens with zero attached hydrogens (tertiary/aromatic N) is 5. The highest BCUT2D eigenvalue weighted by molar-refractivity contribution is 5.76. The summed E-state index contributed by atoms with van der Waals surface area (Å²) < 4.78 is 1.70. The second-order valence-corrected chi connectivity index (χ2v) is 5.52. The van der Waals surface area contributed by atoms with Gasteiger partial charge < -0.3 is 4.90 Å². The summed E-state index contributed by atoms with van der Waals surface area (Å²) in [6.45, 7) is 3.81. The maximum atomic E-state index is 12.4. The Labute approximate surface area is 123 Å². The van der Waals surface area contributed by atoms with Crippen LogP contribution in [0.4, 0.5) is 0 Å². The number of aromatic nitrogens is 4. The second kappa shape index (κ2) is 6.03. The van der Waals surface area contributed by atoms with Gasteiger partial charge in [-0.1, -0.05) is 0 Å². The number of amides is 1. The molecule has 2 aromatic heterocycles. The van der Waals surface area contributed by atoms with Crippen LogP contribution >= 0.6 is 0 Å². The Morgan fingerprint density at radius 3 is 3.00 bits per heavy atom. The van der Waals surface area contributed by atoms with Crippen LogP contribution in [0, 0.1) is 6.92 Å². The Morgan fingerprint density at radius 2 is 2.29 bits per heavy atom. The third-order valence-corrected chi connectivity index (χ3v) is 3.84.